The molecule has 0 spiro atoms. The van der Waals surface area contributed by atoms with Gasteiger partial charge in [0.25, 0.3) is 10.1 Å². The molecule has 3 saturated heterocycles. The Morgan fingerprint density at radius 3 is 2.09 bits per heavy atom. The molecule has 1 unspecified atom stereocenters. The summed E-state index contributed by atoms with van der Waals surface area (Å²) in [6, 6.07) is 6.64. The summed E-state index contributed by atoms with van der Waals surface area (Å²) in [7, 11) is -7.72. The van der Waals surface area contributed by atoms with Crippen LogP contribution in [-0.4, -0.2) is 86.7 Å². The number of benzene rings is 2. The monoisotopic (exact) mass is 647 g/mol. The normalized spacial score (nSPS) is 23.4. The number of aryl methyl sites for hydroxylation is 1. The second kappa shape index (κ2) is 13.6. The molecule has 2 aromatic rings. The van der Waals surface area contributed by atoms with Gasteiger partial charge in [-0.2, -0.15) is 12.7 Å². The molecule has 3 aliphatic rings. The van der Waals surface area contributed by atoms with Crippen molar-refractivity contribution < 1.29 is 44.1 Å². The standard InChI is InChI=1S/C21H28F3N3O4S.C7H8O3S/c22-17-11-19(24)18(23)9-13(17)10-20(25)14-7-15-1-2-16(8-14)27(15)21(28)12-32(29,30)26-3-5-31-6-4-26;1-6-2-4-7(5-3-6)11(8,9)10/h9,11,14-16,20H,1-8,10,12,25H2;2-5H,1H3,(H,8,9,10)/t14?,15-,16+,20-;/m1./s1. The number of nitrogens with zero attached hydrogens (tertiary/aromatic N) is 2. The summed E-state index contributed by atoms with van der Waals surface area (Å²) < 4.78 is 102. The van der Waals surface area contributed by atoms with Gasteiger partial charge in [-0.15, -0.1) is 0 Å². The van der Waals surface area contributed by atoms with Crippen molar-refractivity contribution in [2.75, 3.05) is 32.1 Å². The molecule has 238 valence electrons. The Balaban J connectivity index is 0.000000324. The number of ether oxygens (including phenoxy) is 1. The fourth-order valence-corrected chi connectivity index (χ4v) is 7.80. The number of hydrogen-bond acceptors (Lipinski definition) is 7. The van der Waals surface area contributed by atoms with Gasteiger partial charge < -0.3 is 15.4 Å². The van der Waals surface area contributed by atoms with E-state index in [2.05, 4.69) is 0 Å². The van der Waals surface area contributed by atoms with Gasteiger partial charge in [0.2, 0.25) is 15.9 Å². The van der Waals surface area contributed by atoms with Crippen molar-refractivity contribution in [2.24, 2.45) is 11.7 Å². The Kier molecular flexibility index (Phi) is 10.6. The third-order valence-electron chi connectivity index (χ3n) is 8.20. The molecule has 0 aromatic heterocycles. The Morgan fingerprint density at radius 2 is 1.53 bits per heavy atom. The molecule has 0 radical (unpaired) electrons. The van der Waals surface area contributed by atoms with E-state index in [1.165, 1.54) is 16.4 Å². The van der Waals surface area contributed by atoms with Gasteiger partial charge in [0.15, 0.2) is 11.6 Å². The molecule has 2 aromatic carbocycles. The molecule has 0 saturated carbocycles. The Morgan fingerprint density at radius 1 is 0.977 bits per heavy atom. The van der Waals surface area contributed by atoms with Crippen molar-refractivity contribution in [1.29, 1.82) is 0 Å². The Hall–Kier alpha value is -2.56. The zero-order chi connectivity index (χ0) is 31.5. The highest BCUT2D eigenvalue weighted by molar-refractivity contribution is 7.89. The summed E-state index contributed by atoms with van der Waals surface area (Å²) in [6.45, 7) is 2.98. The fraction of sp³-hybridized carbons (Fsp3) is 0.536. The zero-order valence-electron chi connectivity index (χ0n) is 23.7. The lowest BCUT2D eigenvalue weighted by Gasteiger charge is -2.41. The molecule has 2 bridgehead atoms. The van der Waals surface area contributed by atoms with Crippen molar-refractivity contribution in [1.82, 2.24) is 9.21 Å². The SMILES string of the molecule is Cc1ccc(S(=O)(=O)O)cc1.N[C@H](Cc1cc(F)c(F)cc1F)C1C[C@H]2CC[C@@H](C1)N2C(=O)CS(=O)(=O)N1CCOCC1. The summed E-state index contributed by atoms with van der Waals surface area (Å²) in [6.07, 6.45) is 2.73. The van der Waals surface area contributed by atoms with Crippen LogP contribution in [0, 0.1) is 30.3 Å². The second-order valence-electron chi connectivity index (χ2n) is 11.2. The Labute approximate surface area is 249 Å². The van der Waals surface area contributed by atoms with Gasteiger partial charge in [0, 0.05) is 37.3 Å². The summed E-state index contributed by atoms with van der Waals surface area (Å²) in [5.74, 6) is -4.17. The fourth-order valence-electron chi connectivity index (χ4n) is 5.97. The van der Waals surface area contributed by atoms with Crippen LogP contribution in [0.2, 0.25) is 0 Å². The van der Waals surface area contributed by atoms with Gasteiger partial charge in [0.05, 0.1) is 18.1 Å². The van der Waals surface area contributed by atoms with Crippen LogP contribution < -0.4 is 5.73 Å². The van der Waals surface area contributed by atoms with Gasteiger partial charge in [-0.3, -0.25) is 9.35 Å². The molecule has 3 heterocycles. The number of morpholine rings is 1. The van der Waals surface area contributed by atoms with Crippen LogP contribution in [0.1, 0.15) is 36.8 Å². The lowest BCUT2D eigenvalue weighted by atomic mass is 9.82. The number of fused-ring (bicyclic) bond motifs is 2. The zero-order valence-corrected chi connectivity index (χ0v) is 25.3. The van der Waals surface area contributed by atoms with E-state index in [0.29, 0.717) is 32.1 Å². The van der Waals surface area contributed by atoms with Crippen molar-refractivity contribution >= 4 is 26.0 Å². The van der Waals surface area contributed by atoms with E-state index in [4.69, 9.17) is 15.0 Å². The topological polar surface area (TPSA) is 147 Å². The first-order valence-corrected chi connectivity index (χ1v) is 17.0. The number of amides is 1. The maximum atomic E-state index is 14.0. The molecule has 3 N–H and O–H groups in total. The summed E-state index contributed by atoms with van der Waals surface area (Å²) in [5, 5.41) is 0. The van der Waals surface area contributed by atoms with Crippen molar-refractivity contribution in [3.63, 3.8) is 0 Å². The Bertz CT molecular complexity index is 1500. The molecule has 3 aliphatic heterocycles. The maximum Gasteiger partial charge on any atom is 0.294 e. The minimum absolute atomic E-state index is 0.0267. The molecule has 0 aliphatic carbocycles. The van der Waals surface area contributed by atoms with Gasteiger partial charge in [-0.1, -0.05) is 17.7 Å². The number of carbonyl (C=O) groups is 1. The van der Waals surface area contributed by atoms with Crippen LogP contribution in [-0.2, 0) is 36.1 Å². The predicted molar refractivity (Wildman–Crippen MR) is 152 cm³/mol. The largest absolute Gasteiger partial charge is 0.379 e. The summed E-state index contributed by atoms with van der Waals surface area (Å²) >= 11 is 0. The molecular weight excluding hydrogens is 611 g/mol. The number of rotatable bonds is 7. The van der Waals surface area contributed by atoms with Gasteiger partial charge in [-0.25, -0.2) is 21.6 Å². The van der Waals surface area contributed by atoms with E-state index >= 15 is 0 Å². The van der Waals surface area contributed by atoms with Crippen molar-refractivity contribution in [3.05, 3.63) is 65.0 Å². The predicted octanol–water partition coefficient (Wildman–Crippen LogP) is 2.65. The van der Waals surface area contributed by atoms with Crippen LogP contribution >= 0.6 is 0 Å². The number of halogens is 3. The molecule has 10 nitrogen and oxygen atoms in total. The first kappa shape index (κ1) is 33.3. The first-order valence-electron chi connectivity index (χ1n) is 14.0. The number of sulfonamides is 1. The molecule has 5 rings (SSSR count). The van der Waals surface area contributed by atoms with Crippen LogP contribution in [0.15, 0.2) is 41.3 Å². The minimum Gasteiger partial charge on any atom is -0.379 e. The molecule has 4 atom stereocenters. The van der Waals surface area contributed by atoms with Crippen LogP contribution in [0.5, 0.6) is 0 Å². The third-order valence-corrected chi connectivity index (χ3v) is 10.8. The van der Waals surface area contributed by atoms with E-state index in [1.54, 1.807) is 17.0 Å². The van der Waals surface area contributed by atoms with Crippen LogP contribution in [0.4, 0.5) is 13.2 Å². The highest BCUT2D eigenvalue weighted by atomic mass is 32.2. The highest BCUT2D eigenvalue weighted by Gasteiger charge is 2.45. The number of hydrogen-bond donors (Lipinski definition) is 2. The van der Waals surface area contributed by atoms with Gasteiger partial charge in [-0.05, 0) is 68.7 Å². The number of nitrogens with two attached hydrogens (primary N) is 1. The molecule has 43 heavy (non-hydrogen) atoms. The average molecular weight is 648 g/mol. The van der Waals surface area contributed by atoms with Gasteiger partial charge >= 0.3 is 0 Å². The molecule has 15 heteroatoms. The number of carbonyl (C=O) groups excluding carboxylic acids is 1. The van der Waals surface area contributed by atoms with Crippen LogP contribution in [0.25, 0.3) is 0 Å². The molecular formula is C28H36F3N3O7S2. The van der Waals surface area contributed by atoms with Crippen molar-refractivity contribution in [2.45, 2.75) is 62.0 Å². The third kappa shape index (κ3) is 8.34. The highest BCUT2D eigenvalue weighted by Crippen LogP contribution is 2.40. The number of piperidine rings is 1. The van der Waals surface area contributed by atoms with Crippen LogP contribution in [0.3, 0.4) is 0 Å². The average Bonchev–Trinajstić information content (AvgIpc) is 3.21. The van der Waals surface area contributed by atoms with E-state index in [1.807, 2.05) is 6.92 Å². The summed E-state index contributed by atoms with van der Waals surface area (Å²) in [5.41, 5.74) is 7.29. The quantitative estimate of drug-likeness (QED) is 0.345. The minimum atomic E-state index is -4.02. The molecule has 3 fully saturated rings. The summed E-state index contributed by atoms with van der Waals surface area (Å²) in [4.78, 5) is 14.6. The van der Waals surface area contributed by atoms with E-state index < -0.39 is 55.3 Å². The van der Waals surface area contributed by atoms with Gasteiger partial charge in [0.1, 0.15) is 11.6 Å². The molecule has 1 amide bonds. The van der Waals surface area contributed by atoms with Crippen molar-refractivity contribution in [3.8, 4) is 0 Å². The van der Waals surface area contributed by atoms with E-state index in [0.717, 1.165) is 24.5 Å². The second-order valence-corrected chi connectivity index (χ2v) is 14.6. The smallest absolute Gasteiger partial charge is 0.294 e. The van der Waals surface area contributed by atoms with E-state index in [9.17, 15) is 34.8 Å². The first-order chi connectivity index (χ1) is 20.2. The lowest BCUT2D eigenvalue weighted by molar-refractivity contribution is -0.133. The van der Waals surface area contributed by atoms with E-state index in [-0.39, 0.29) is 48.0 Å². The lowest BCUT2D eigenvalue weighted by Crippen LogP contribution is -2.53. The maximum absolute atomic E-state index is 14.0.